The summed E-state index contributed by atoms with van der Waals surface area (Å²) >= 11 is 0. The molecule has 216 valence electrons. The lowest BCUT2D eigenvalue weighted by Gasteiger charge is -2.65. The average Bonchev–Trinajstić information content (AvgIpc) is 3.48. The van der Waals surface area contributed by atoms with E-state index < -0.39 is 28.1 Å². The monoisotopic (exact) mass is 552 g/mol. The second kappa shape index (κ2) is 9.67. The summed E-state index contributed by atoms with van der Waals surface area (Å²) in [7, 11) is 1.57. The van der Waals surface area contributed by atoms with Gasteiger partial charge in [-0.05, 0) is 99.0 Å². The van der Waals surface area contributed by atoms with Crippen molar-refractivity contribution in [1.29, 1.82) is 0 Å². The lowest BCUT2D eigenvalue weighted by Crippen LogP contribution is -2.68. The Morgan fingerprint density at radius 2 is 1.82 bits per heavy atom. The molecule has 1 heterocycles. The van der Waals surface area contributed by atoms with Crippen molar-refractivity contribution >= 4 is 18.1 Å². The van der Waals surface area contributed by atoms with Crippen molar-refractivity contribution in [2.75, 3.05) is 13.7 Å². The number of methoxy groups -OCH3 is 1. The van der Waals surface area contributed by atoms with Crippen LogP contribution in [0.1, 0.15) is 75.1 Å². The maximum atomic E-state index is 12.8. The van der Waals surface area contributed by atoms with Gasteiger partial charge in [-0.3, -0.25) is 4.79 Å². The van der Waals surface area contributed by atoms with Crippen molar-refractivity contribution < 1.29 is 34.4 Å². The SMILES string of the molecule is COc1ccc(C(=O)N/N=C\[C@]23CC[C@@H](O)C[C@]2(O)CC[C@@H]2[C@@H]3CC[C@]3(C)[C@H](C4=CC(=O)OC4)CC[C@]23O)cc1. The number of cyclic esters (lactones) is 1. The highest BCUT2D eigenvalue weighted by Gasteiger charge is 2.71. The summed E-state index contributed by atoms with van der Waals surface area (Å²) in [6.45, 7) is 2.46. The van der Waals surface area contributed by atoms with Crippen molar-refractivity contribution in [3.8, 4) is 5.75 Å². The van der Waals surface area contributed by atoms with Crippen LogP contribution in [0.25, 0.3) is 0 Å². The third-order valence-corrected chi connectivity index (χ3v) is 11.5. The molecule has 0 radical (unpaired) electrons. The van der Waals surface area contributed by atoms with Crippen LogP contribution >= 0.6 is 0 Å². The molecule has 1 amide bonds. The van der Waals surface area contributed by atoms with E-state index in [2.05, 4.69) is 17.5 Å². The van der Waals surface area contributed by atoms with Gasteiger partial charge >= 0.3 is 5.97 Å². The first-order valence-electron chi connectivity index (χ1n) is 14.5. The minimum atomic E-state index is -1.18. The molecule has 40 heavy (non-hydrogen) atoms. The van der Waals surface area contributed by atoms with Crippen LogP contribution in [0.4, 0.5) is 0 Å². The molecule has 6 rings (SSSR count). The number of nitrogens with one attached hydrogen (secondary N) is 1. The van der Waals surface area contributed by atoms with Crippen molar-refractivity contribution in [2.45, 2.75) is 82.0 Å². The molecule has 1 aromatic carbocycles. The first-order valence-corrected chi connectivity index (χ1v) is 14.5. The number of carbonyl (C=O) groups excluding carboxylic acids is 2. The van der Waals surface area contributed by atoms with E-state index in [9.17, 15) is 24.9 Å². The number of fused-ring (bicyclic) bond motifs is 5. The lowest BCUT2D eigenvalue weighted by molar-refractivity contribution is -0.237. The molecular weight excluding hydrogens is 512 g/mol. The molecule has 0 unspecified atom stereocenters. The number of ether oxygens (including phenoxy) is 2. The fraction of sp³-hybridized carbons (Fsp3) is 0.645. The maximum absolute atomic E-state index is 12.8. The Hall–Kier alpha value is -2.75. The standard InChI is InChI=1S/C31H40N2O7/c1-28-11-8-24-25(31(28,38)14-10-23(28)20-15-26(35)40-17-20)9-13-30(37)16-21(34)7-12-29(24,30)18-32-33-27(36)19-3-5-22(39-2)6-4-19/h3-6,15,18,21,23-25,34,37-38H,7-14,16-17H2,1-2H3,(H,33,36)/b32-18-/t21-,23+,24+,25-,28-,29+,30-,31+/m1/s1. The molecular formula is C31H40N2O7. The van der Waals surface area contributed by atoms with Crippen LogP contribution in [-0.2, 0) is 9.53 Å². The molecule has 1 aromatic rings. The normalized spacial score (nSPS) is 42.4. The number of hydrogen-bond acceptors (Lipinski definition) is 8. The van der Waals surface area contributed by atoms with E-state index in [1.54, 1.807) is 43.7 Å². The van der Waals surface area contributed by atoms with E-state index in [0.29, 0.717) is 50.0 Å². The maximum Gasteiger partial charge on any atom is 0.331 e. The van der Waals surface area contributed by atoms with Gasteiger partial charge in [0, 0.05) is 35.1 Å². The third-order valence-electron chi connectivity index (χ3n) is 11.5. The van der Waals surface area contributed by atoms with Gasteiger partial charge in [0.05, 0.1) is 24.4 Å². The topological polar surface area (TPSA) is 138 Å². The van der Waals surface area contributed by atoms with Crippen LogP contribution in [0.3, 0.4) is 0 Å². The Labute approximate surface area is 234 Å². The van der Waals surface area contributed by atoms with Crippen molar-refractivity contribution in [1.82, 2.24) is 5.43 Å². The molecule has 0 spiro atoms. The Kier molecular flexibility index (Phi) is 6.63. The lowest BCUT2D eigenvalue weighted by atomic mass is 9.41. The van der Waals surface area contributed by atoms with E-state index in [1.807, 2.05) is 0 Å². The predicted octanol–water partition coefficient (Wildman–Crippen LogP) is 3.12. The van der Waals surface area contributed by atoms with E-state index in [4.69, 9.17) is 9.47 Å². The number of hydrazone groups is 1. The second-order valence-electron chi connectivity index (χ2n) is 12.9. The molecule has 4 saturated carbocycles. The Morgan fingerprint density at radius 1 is 1.07 bits per heavy atom. The average molecular weight is 553 g/mol. The Bertz CT molecular complexity index is 1250. The molecule has 4 fully saturated rings. The number of carbonyl (C=O) groups is 2. The zero-order valence-corrected chi connectivity index (χ0v) is 23.3. The van der Waals surface area contributed by atoms with Gasteiger partial charge in [0.25, 0.3) is 5.91 Å². The highest BCUT2D eigenvalue weighted by atomic mass is 16.5. The second-order valence-corrected chi connectivity index (χ2v) is 12.9. The van der Waals surface area contributed by atoms with Gasteiger partial charge in [-0.15, -0.1) is 0 Å². The predicted molar refractivity (Wildman–Crippen MR) is 146 cm³/mol. The van der Waals surface area contributed by atoms with E-state index >= 15 is 0 Å². The summed E-state index contributed by atoms with van der Waals surface area (Å²) in [6, 6.07) is 6.75. The van der Waals surface area contributed by atoms with Gasteiger partial charge in [0.15, 0.2) is 0 Å². The summed E-state index contributed by atoms with van der Waals surface area (Å²) in [5, 5.41) is 39.6. The zero-order valence-electron chi connectivity index (χ0n) is 23.3. The Balaban J connectivity index is 1.30. The molecule has 9 nitrogen and oxygen atoms in total. The largest absolute Gasteiger partial charge is 0.497 e. The molecule has 4 N–H and O–H groups in total. The number of benzene rings is 1. The van der Waals surface area contributed by atoms with Gasteiger partial charge in [-0.1, -0.05) is 6.92 Å². The van der Waals surface area contributed by atoms with Crippen LogP contribution in [0, 0.1) is 28.6 Å². The number of esters is 1. The van der Waals surface area contributed by atoms with E-state index in [-0.39, 0.29) is 36.1 Å². The molecule has 5 aliphatic rings. The van der Waals surface area contributed by atoms with Gasteiger partial charge in [-0.25, -0.2) is 10.2 Å². The first-order chi connectivity index (χ1) is 19.1. The molecule has 9 heteroatoms. The molecule has 0 bridgehead atoms. The summed E-state index contributed by atoms with van der Waals surface area (Å²) in [5.41, 5.74) is 0.729. The van der Waals surface area contributed by atoms with E-state index in [0.717, 1.165) is 24.8 Å². The summed E-state index contributed by atoms with van der Waals surface area (Å²) in [4.78, 5) is 24.7. The van der Waals surface area contributed by atoms with Crippen molar-refractivity contribution in [2.24, 2.45) is 33.7 Å². The minimum absolute atomic E-state index is 0.0624. The quantitative estimate of drug-likeness (QED) is 0.250. The van der Waals surface area contributed by atoms with E-state index in [1.165, 1.54) is 0 Å². The number of rotatable bonds is 5. The number of hydrogen-bond donors (Lipinski definition) is 4. The minimum Gasteiger partial charge on any atom is -0.497 e. The van der Waals surface area contributed by atoms with Gasteiger partial charge < -0.3 is 24.8 Å². The Morgan fingerprint density at radius 3 is 2.52 bits per heavy atom. The van der Waals surface area contributed by atoms with Crippen LogP contribution in [0.2, 0.25) is 0 Å². The molecule has 1 aliphatic heterocycles. The van der Waals surface area contributed by atoms with Gasteiger partial charge in [-0.2, -0.15) is 5.10 Å². The fourth-order valence-corrected chi connectivity index (χ4v) is 9.37. The van der Waals surface area contributed by atoms with Crippen molar-refractivity contribution in [3.05, 3.63) is 41.5 Å². The zero-order chi connectivity index (χ0) is 28.3. The van der Waals surface area contributed by atoms with Gasteiger partial charge in [0.1, 0.15) is 12.4 Å². The van der Waals surface area contributed by atoms with Gasteiger partial charge in [0.2, 0.25) is 0 Å². The number of amides is 1. The fourth-order valence-electron chi connectivity index (χ4n) is 9.37. The smallest absolute Gasteiger partial charge is 0.331 e. The number of aliphatic hydroxyl groups is 3. The van der Waals surface area contributed by atoms with Crippen molar-refractivity contribution in [3.63, 3.8) is 0 Å². The van der Waals surface area contributed by atoms with Crippen LogP contribution in [-0.4, -0.2) is 64.4 Å². The van der Waals surface area contributed by atoms with Crippen LogP contribution < -0.4 is 10.2 Å². The summed E-state index contributed by atoms with van der Waals surface area (Å²) < 4.78 is 10.4. The molecule has 4 aliphatic carbocycles. The van der Waals surface area contributed by atoms with Crippen LogP contribution in [0.5, 0.6) is 5.75 Å². The van der Waals surface area contributed by atoms with Crippen LogP contribution in [0.15, 0.2) is 41.0 Å². The summed E-state index contributed by atoms with van der Waals surface area (Å²) in [5.74, 6) is -0.0815. The summed E-state index contributed by atoms with van der Waals surface area (Å²) in [6.07, 6.45) is 8.06. The highest BCUT2D eigenvalue weighted by Crippen LogP contribution is 2.70. The molecule has 8 atom stereocenters. The molecule has 0 saturated heterocycles. The molecule has 0 aromatic heterocycles. The third kappa shape index (κ3) is 3.96. The number of nitrogens with zero attached hydrogens (tertiary/aromatic N) is 1. The number of aliphatic hydroxyl groups excluding tert-OH is 1. The highest BCUT2D eigenvalue weighted by molar-refractivity contribution is 5.94. The first kappa shape index (κ1) is 27.4.